The minimum absolute atomic E-state index is 0.0445. The number of hydrogen-bond donors (Lipinski definition) is 1. The van der Waals surface area contributed by atoms with Crippen molar-refractivity contribution in [1.29, 1.82) is 0 Å². The lowest BCUT2D eigenvalue weighted by molar-refractivity contribution is 0.373. The Balaban J connectivity index is 1.67. The molecule has 34 heavy (non-hydrogen) atoms. The Labute approximate surface area is 200 Å². The van der Waals surface area contributed by atoms with Crippen LogP contribution in [-0.4, -0.2) is 34.7 Å². The third-order valence-electron chi connectivity index (χ3n) is 6.14. The molecule has 0 spiro atoms. The molecule has 4 rings (SSSR count). The van der Waals surface area contributed by atoms with Crippen molar-refractivity contribution in [1.82, 2.24) is 34.7 Å². The number of rotatable bonds is 8. The van der Waals surface area contributed by atoms with Gasteiger partial charge in [-0.2, -0.15) is 5.21 Å². The van der Waals surface area contributed by atoms with Gasteiger partial charge in [0.2, 0.25) is 5.82 Å². The van der Waals surface area contributed by atoms with Crippen molar-refractivity contribution in [2.75, 3.05) is 0 Å². The highest BCUT2D eigenvalue weighted by molar-refractivity contribution is 5.78. The lowest BCUT2D eigenvalue weighted by Crippen LogP contribution is -2.35. The lowest BCUT2D eigenvalue weighted by Gasteiger charge is -2.21. The Morgan fingerprint density at radius 3 is 2.41 bits per heavy atom. The summed E-state index contributed by atoms with van der Waals surface area (Å²) in [5.41, 5.74) is 5.57. The number of benzene rings is 1. The lowest BCUT2D eigenvalue weighted by atomic mass is 10.0. The smallest absolute Gasteiger partial charge is 0.292 e. The maximum Gasteiger partial charge on any atom is 0.329 e. The SMILES string of the molecule is CCCCCc1c(C)n(C(C)(C)C)c(=O)n1Cc1ccc(-c2ccccc2-c2nn[nH]n2)nc1. The first kappa shape index (κ1) is 23.6. The minimum atomic E-state index is -0.271. The first-order chi connectivity index (χ1) is 16.3. The number of aromatic amines is 1. The fourth-order valence-electron chi connectivity index (χ4n) is 4.55. The summed E-state index contributed by atoms with van der Waals surface area (Å²) < 4.78 is 3.86. The van der Waals surface area contributed by atoms with E-state index in [1.165, 1.54) is 0 Å². The van der Waals surface area contributed by atoms with Crippen LogP contribution in [0, 0.1) is 6.92 Å². The summed E-state index contributed by atoms with van der Waals surface area (Å²) in [5.74, 6) is 0.531. The number of pyridine rings is 1. The number of nitrogens with one attached hydrogen (secondary N) is 1. The van der Waals surface area contributed by atoms with Crippen molar-refractivity contribution >= 4 is 0 Å². The van der Waals surface area contributed by atoms with Gasteiger partial charge in [0.15, 0.2) is 0 Å². The Hall–Kier alpha value is -3.55. The topological polar surface area (TPSA) is 94.3 Å². The van der Waals surface area contributed by atoms with Gasteiger partial charge in [-0.3, -0.25) is 14.1 Å². The summed E-state index contributed by atoms with van der Waals surface area (Å²) >= 11 is 0. The fourth-order valence-corrected chi connectivity index (χ4v) is 4.55. The summed E-state index contributed by atoms with van der Waals surface area (Å²) in [6, 6.07) is 11.9. The maximum atomic E-state index is 13.4. The molecule has 0 aliphatic heterocycles. The molecule has 8 nitrogen and oxygen atoms in total. The average molecular weight is 460 g/mol. The number of tetrazole rings is 1. The standard InChI is InChI=1S/C26H33N7O/c1-6-7-8-13-23-18(2)33(26(3,4)5)25(34)32(23)17-19-14-15-22(27-16-19)20-11-9-10-12-21(20)24-28-30-31-29-24/h9-12,14-16H,6-8,13,17H2,1-5H3,(H,28,29,30,31). The van der Waals surface area contributed by atoms with Crippen molar-refractivity contribution < 1.29 is 0 Å². The van der Waals surface area contributed by atoms with E-state index in [0.717, 1.165) is 59.5 Å². The van der Waals surface area contributed by atoms with Gasteiger partial charge < -0.3 is 0 Å². The van der Waals surface area contributed by atoms with Gasteiger partial charge in [-0.05, 0) is 57.4 Å². The van der Waals surface area contributed by atoms with Gasteiger partial charge >= 0.3 is 5.69 Å². The Morgan fingerprint density at radius 2 is 1.79 bits per heavy atom. The summed E-state index contributed by atoms with van der Waals surface area (Å²) in [4.78, 5) is 18.2. The molecule has 0 atom stereocenters. The number of hydrogen-bond acceptors (Lipinski definition) is 5. The molecule has 3 aromatic heterocycles. The zero-order chi connectivity index (χ0) is 24.3. The van der Waals surface area contributed by atoms with Gasteiger partial charge in [0.25, 0.3) is 0 Å². The van der Waals surface area contributed by atoms with Crippen LogP contribution < -0.4 is 5.69 Å². The zero-order valence-corrected chi connectivity index (χ0v) is 20.7. The zero-order valence-electron chi connectivity index (χ0n) is 20.7. The Morgan fingerprint density at radius 1 is 1.03 bits per heavy atom. The van der Waals surface area contributed by atoms with Gasteiger partial charge in [-0.25, -0.2) is 4.79 Å². The molecule has 0 saturated heterocycles. The molecule has 1 N–H and O–H groups in total. The summed E-state index contributed by atoms with van der Waals surface area (Å²) in [6.07, 6.45) is 6.15. The van der Waals surface area contributed by atoms with Gasteiger partial charge in [0.05, 0.1) is 12.2 Å². The van der Waals surface area contributed by atoms with Crippen molar-refractivity contribution in [3.63, 3.8) is 0 Å². The van der Waals surface area contributed by atoms with E-state index in [0.29, 0.717) is 12.4 Å². The van der Waals surface area contributed by atoms with Crippen LogP contribution >= 0.6 is 0 Å². The predicted octanol–water partition coefficient (Wildman–Crippen LogP) is 4.74. The summed E-state index contributed by atoms with van der Waals surface area (Å²) in [6.45, 7) is 11.0. The first-order valence-corrected chi connectivity index (χ1v) is 11.9. The van der Waals surface area contributed by atoms with Crippen molar-refractivity contribution in [2.45, 2.75) is 72.4 Å². The predicted molar refractivity (Wildman–Crippen MR) is 134 cm³/mol. The number of unbranched alkanes of at least 4 members (excludes halogenated alkanes) is 2. The van der Waals surface area contributed by atoms with Crippen LogP contribution in [-0.2, 0) is 18.5 Å². The molecule has 0 saturated carbocycles. The number of nitrogens with zero attached hydrogens (tertiary/aromatic N) is 6. The third-order valence-corrected chi connectivity index (χ3v) is 6.14. The van der Waals surface area contributed by atoms with E-state index in [4.69, 9.17) is 4.98 Å². The second-order valence-electron chi connectivity index (χ2n) is 9.70. The highest BCUT2D eigenvalue weighted by Crippen LogP contribution is 2.28. The van der Waals surface area contributed by atoms with Crippen LogP contribution in [0.3, 0.4) is 0 Å². The van der Waals surface area contributed by atoms with Gasteiger partial charge in [-0.15, -0.1) is 10.2 Å². The molecule has 0 aliphatic carbocycles. The third kappa shape index (κ3) is 4.71. The van der Waals surface area contributed by atoms with Crippen LogP contribution in [0.5, 0.6) is 0 Å². The molecule has 4 aromatic rings. The highest BCUT2D eigenvalue weighted by atomic mass is 16.2. The van der Waals surface area contributed by atoms with Gasteiger partial charge in [0, 0.05) is 34.3 Å². The van der Waals surface area contributed by atoms with E-state index >= 15 is 0 Å². The average Bonchev–Trinajstić information content (AvgIpc) is 3.42. The minimum Gasteiger partial charge on any atom is -0.292 e. The van der Waals surface area contributed by atoms with Crippen LogP contribution in [0.1, 0.15) is 63.9 Å². The highest BCUT2D eigenvalue weighted by Gasteiger charge is 2.24. The largest absolute Gasteiger partial charge is 0.329 e. The van der Waals surface area contributed by atoms with Crippen LogP contribution in [0.2, 0.25) is 0 Å². The van der Waals surface area contributed by atoms with Gasteiger partial charge in [-0.1, -0.05) is 50.1 Å². The summed E-state index contributed by atoms with van der Waals surface area (Å²) in [7, 11) is 0. The fraction of sp³-hybridized carbons (Fsp3) is 0.423. The van der Waals surface area contributed by atoms with E-state index in [-0.39, 0.29) is 11.2 Å². The molecule has 8 heteroatoms. The molecule has 0 bridgehead atoms. The number of H-pyrrole nitrogens is 1. The van der Waals surface area contributed by atoms with Crippen molar-refractivity contribution in [3.8, 4) is 22.6 Å². The first-order valence-electron chi connectivity index (χ1n) is 11.9. The maximum absolute atomic E-state index is 13.4. The normalized spacial score (nSPS) is 11.8. The van der Waals surface area contributed by atoms with Gasteiger partial charge in [0.1, 0.15) is 0 Å². The molecule has 0 fully saturated rings. The molecule has 0 radical (unpaired) electrons. The number of imidazole rings is 1. The second kappa shape index (κ2) is 9.75. The van der Waals surface area contributed by atoms with Crippen LogP contribution in [0.4, 0.5) is 0 Å². The number of aromatic nitrogens is 7. The summed E-state index contributed by atoms with van der Waals surface area (Å²) in [5, 5.41) is 14.4. The van der Waals surface area contributed by atoms with E-state index in [1.807, 2.05) is 51.7 Å². The van der Waals surface area contributed by atoms with E-state index in [9.17, 15) is 4.79 Å². The van der Waals surface area contributed by atoms with Crippen LogP contribution in [0.25, 0.3) is 22.6 Å². The molecule has 0 unspecified atom stereocenters. The molecule has 3 heterocycles. The quantitative estimate of drug-likeness (QED) is 0.384. The van der Waals surface area contributed by atoms with E-state index < -0.39 is 0 Å². The Kier molecular flexibility index (Phi) is 6.77. The van der Waals surface area contributed by atoms with E-state index in [2.05, 4.69) is 55.2 Å². The molecule has 178 valence electrons. The molecular formula is C26H33N7O. The molecular weight excluding hydrogens is 426 g/mol. The molecule has 1 aromatic carbocycles. The monoisotopic (exact) mass is 459 g/mol. The van der Waals surface area contributed by atoms with Crippen molar-refractivity contribution in [2.24, 2.45) is 0 Å². The van der Waals surface area contributed by atoms with Crippen molar-refractivity contribution in [3.05, 3.63) is 70.0 Å². The van der Waals surface area contributed by atoms with Crippen LogP contribution in [0.15, 0.2) is 47.4 Å². The second-order valence-corrected chi connectivity index (χ2v) is 9.70. The molecule has 0 aliphatic rings. The molecule has 0 amide bonds. The Bertz CT molecular complexity index is 1290. The van der Waals surface area contributed by atoms with E-state index in [1.54, 1.807) is 0 Å².